The van der Waals surface area contributed by atoms with E-state index in [0.29, 0.717) is 39.1 Å². The van der Waals surface area contributed by atoms with Crippen LogP contribution < -0.4 is 4.74 Å². The highest BCUT2D eigenvalue weighted by molar-refractivity contribution is 5.71. The van der Waals surface area contributed by atoms with Crippen LogP contribution in [0.1, 0.15) is 25.3 Å². The van der Waals surface area contributed by atoms with Gasteiger partial charge in [-0.15, -0.1) is 0 Å². The number of benzene rings is 2. The molecule has 1 N–H and O–H groups in total. The van der Waals surface area contributed by atoms with E-state index in [1.807, 2.05) is 30.3 Å². The van der Waals surface area contributed by atoms with Gasteiger partial charge in [0.15, 0.2) is 0 Å². The number of fused-ring (bicyclic) bond motifs is 1. The predicted octanol–water partition coefficient (Wildman–Crippen LogP) is 3.92. The lowest BCUT2D eigenvalue weighted by Crippen LogP contribution is -2.52. The van der Waals surface area contributed by atoms with Crippen molar-refractivity contribution in [2.45, 2.75) is 32.2 Å². The molecule has 0 unspecified atom stereocenters. The highest BCUT2D eigenvalue weighted by Gasteiger charge is 2.42. The van der Waals surface area contributed by atoms with Gasteiger partial charge in [0.2, 0.25) is 5.79 Å². The van der Waals surface area contributed by atoms with Crippen LogP contribution in [0.15, 0.2) is 42.5 Å². The quantitative estimate of drug-likeness (QED) is 0.869. The van der Waals surface area contributed by atoms with Gasteiger partial charge in [0.1, 0.15) is 11.5 Å². The normalized spacial score (nSPS) is 17.9. The number of likely N-dealkylation sites (tertiary alicyclic amines) is 1. The number of phenolic OH excluding ortho intramolecular Hbond substituents is 1. The van der Waals surface area contributed by atoms with Crippen molar-refractivity contribution in [1.82, 2.24) is 4.90 Å². The summed E-state index contributed by atoms with van der Waals surface area (Å²) in [6.07, 6.45) is 0.926. The maximum absolute atomic E-state index is 11.9. The molecule has 6 nitrogen and oxygen atoms in total. The molecule has 6 heteroatoms. The summed E-state index contributed by atoms with van der Waals surface area (Å²) in [4.78, 5) is 13.6. The second-order valence-electron chi connectivity index (χ2n) is 6.83. The van der Waals surface area contributed by atoms with E-state index >= 15 is 0 Å². The van der Waals surface area contributed by atoms with E-state index in [2.05, 4.69) is 0 Å². The van der Waals surface area contributed by atoms with E-state index in [-0.39, 0.29) is 11.8 Å². The van der Waals surface area contributed by atoms with Gasteiger partial charge >= 0.3 is 6.09 Å². The summed E-state index contributed by atoms with van der Waals surface area (Å²) in [5.41, 5.74) is 2.66. The summed E-state index contributed by atoms with van der Waals surface area (Å²) >= 11 is 0. The number of hydrogen-bond acceptors (Lipinski definition) is 5. The first-order chi connectivity index (χ1) is 13.1. The number of aromatic hydroxyl groups is 1. The second kappa shape index (κ2) is 7.12. The highest BCUT2D eigenvalue weighted by Crippen LogP contribution is 2.40. The first-order valence-corrected chi connectivity index (χ1v) is 9.26. The third kappa shape index (κ3) is 3.45. The molecule has 2 aromatic rings. The van der Waals surface area contributed by atoms with Crippen molar-refractivity contribution >= 4 is 6.09 Å². The molecular formula is C21H23NO5. The Labute approximate surface area is 158 Å². The van der Waals surface area contributed by atoms with Crippen molar-refractivity contribution in [3.8, 4) is 22.6 Å². The van der Waals surface area contributed by atoms with Crippen LogP contribution in [0.3, 0.4) is 0 Å². The standard InChI is InChI=1S/C21H23NO5/c1-2-25-20(24)22-11-9-21(10-12-22)26-14-16-13-15(7-8-19(16)27-21)17-5-3-4-6-18(17)23/h3-8,13,23H,2,9-12,14H2,1H3. The number of ether oxygens (including phenoxy) is 3. The van der Waals surface area contributed by atoms with Gasteiger partial charge in [0.05, 0.1) is 13.2 Å². The minimum atomic E-state index is -0.688. The third-order valence-corrected chi connectivity index (χ3v) is 5.11. The fourth-order valence-corrected chi connectivity index (χ4v) is 3.61. The van der Waals surface area contributed by atoms with E-state index in [1.54, 1.807) is 24.0 Å². The number of amides is 1. The van der Waals surface area contributed by atoms with Crippen molar-refractivity contribution in [1.29, 1.82) is 0 Å². The third-order valence-electron chi connectivity index (χ3n) is 5.11. The molecule has 2 heterocycles. The molecule has 2 aliphatic heterocycles. The summed E-state index contributed by atoms with van der Waals surface area (Å²) in [5, 5.41) is 10.1. The van der Waals surface area contributed by atoms with Crippen LogP contribution in [0.2, 0.25) is 0 Å². The van der Waals surface area contributed by atoms with Crippen LogP contribution >= 0.6 is 0 Å². The minimum Gasteiger partial charge on any atom is -0.507 e. The fraction of sp³-hybridized carbons (Fsp3) is 0.381. The molecule has 0 aromatic heterocycles. The first-order valence-electron chi connectivity index (χ1n) is 9.26. The molecular weight excluding hydrogens is 346 g/mol. The molecule has 1 saturated heterocycles. The molecule has 2 aromatic carbocycles. The number of piperidine rings is 1. The zero-order chi connectivity index (χ0) is 18.9. The maximum Gasteiger partial charge on any atom is 0.409 e. The van der Waals surface area contributed by atoms with E-state index in [9.17, 15) is 9.90 Å². The Balaban J connectivity index is 1.48. The smallest absolute Gasteiger partial charge is 0.409 e. The number of rotatable bonds is 2. The van der Waals surface area contributed by atoms with Crippen LogP contribution in [-0.2, 0) is 16.1 Å². The Hall–Kier alpha value is -2.73. The monoisotopic (exact) mass is 369 g/mol. The predicted molar refractivity (Wildman–Crippen MR) is 99.5 cm³/mol. The van der Waals surface area contributed by atoms with Crippen LogP contribution in [0, 0.1) is 0 Å². The maximum atomic E-state index is 11.9. The van der Waals surface area contributed by atoms with E-state index in [0.717, 1.165) is 22.4 Å². The lowest BCUT2D eigenvalue weighted by atomic mass is 9.99. The molecule has 0 radical (unpaired) electrons. The molecule has 1 fully saturated rings. The lowest BCUT2D eigenvalue weighted by molar-refractivity contribution is -0.226. The Bertz CT molecular complexity index is 842. The number of nitrogens with zero attached hydrogens (tertiary/aromatic N) is 1. The van der Waals surface area contributed by atoms with E-state index in [4.69, 9.17) is 14.2 Å². The van der Waals surface area contributed by atoms with Gasteiger partial charge in [0.25, 0.3) is 0 Å². The van der Waals surface area contributed by atoms with Gasteiger partial charge in [0, 0.05) is 37.1 Å². The van der Waals surface area contributed by atoms with E-state index < -0.39 is 5.79 Å². The van der Waals surface area contributed by atoms with Crippen LogP contribution in [0.25, 0.3) is 11.1 Å². The number of phenols is 1. The molecule has 0 atom stereocenters. The largest absolute Gasteiger partial charge is 0.507 e. The molecule has 0 bridgehead atoms. The van der Waals surface area contributed by atoms with Gasteiger partial charge in [-0.25, -0.2) is 4.79 Å². The Morgan fingerprint density at radius 2 is 2.00 bits per heavy atom. The van der Waals surface area contributed by atoms with Gasteiger partial charge in [-0.1, -0.05) is 24.3 Å². The zero-order valence-electron chi connectivity index (χ0n) is 15.3. The van der Waals surface area contributed by atoms with Crippen LogP contribution in [0.5, 0.6) is 11.5 Å². The SMILES string of the molecule is CCOC(=O)N1CCC2(CC1)OCc1cc(-c3ccccc3O)ccc1O2. The highest BCUT2D eigenvalue weighted by atomic mass is 16.7. The molecule has 0 aliphatic carbocycles. The summed E-state index contributed by atoms with van der Waals surface area (Å²) < 4.78 is 17.3. The van der Waals surface area contributed by atoms with Crippen LogP contribution in [0.4, 0.5) is 4.79 Å². The molecule has 1 spiro atoms. The number of carbonyl (C=O) groups is 1. The average Bonchev–Trinajstić information content (AvgIpc) is 2.69. The van der Waals surface area contributed by atoms with Crippen LogP contribution in [-0.4, -0.2) is 41.6 Å². The topological polar surface area (TPSA) is 68.2 Å². The van der Waals surface area contributed by atoms with Crippen molar-refractivity contribution in [3.05, 3.63) is 48.0 Å². The van der Waals surface area contributed by atoms with Gasteiger partial charge in [-0.05, 0) is 30.7 Å². The Kier molecular flexibility index (Phi) is 4.66. The molecule has 2 aliphatic rings. The van der Waals surface area contributed by atoms with Crippen molar-refractivity contribution < 1.29 is 24.1 Å². The molecule has 4 rings (SSSR count). The Morgan fingerprint density at radius 3 is 2.74 bits per heavy atom. The van der Waals surface area contributed by atoms with Crippen molar-refractivity contribution in [3.63, 3.8) is 0 Å². The number of carbonyl (C=O) groups excluding carboxylic acids is 1. The number of para-hydroxylation sites is 1. The summed E-state index contributed by atoms with van der Waals surface area (Å²) in [7, 11) is 0. The van der Waals surface area contributed by atoms with E-state index in [1.165, 1.54) is 0 Å². The van der Waals surface area contributed by atoms with Crippen molar-refractivity contribution in [2.24, 2.45) is 0 Å². The van der Waals surface area contributed by atoms with Gasteiger partial charge in [-0.2, -0.15) is 0 Å². The first kappa shape index (κ1) is 17.7. The second-order valence-corrected chi connectivity index (χ2v) is 6.83. The Morgan fingerprint density at radius 1 is 1.22 bits per heavy atom. The minimum absolute atomic E-state index is 0.248. The zero-order valence-corrected chi connectivity index (χ0v) is 15.3. The summed E-state index contributed by atoms with van der Waals surface area (Å²) in [5.74, 6) is 0.356. The average molecular weight is 369 g/mol. The molecule has 142 valence electrons. The summed E-state index contributed by atoms with van der Waals surface area (Å²) in [6.45, 7) is 3.71. The molecule has 27 heavy (non-hydrogen) atoms. The fourth-order valence-electron chi connectivity index (χ4n) is 3.61. The number of hydrogen-bond donors (Lipinski definition) is 1. The molecule has 0 saturated carbocycles. The molecule has 1 amide bonds. The van der Waals surface area contributed by atoms with Gasteiger partial charge < -0.3 is 24.2 Å². The summed E-state index contributed by atoms with van der Waals surface area (Å²) in [6, 6.07) is 13.1. The lowest BCUT2D eigenvalue weighted by Gasteiger charge is -2.43. The van der Waals surface area contributed by atoms with Crippen molar-refractivity contribution in [2.75, 3.05) is 19.7 Å². The van der Waals surface area contributed by atoms with Gasteiger partial charge in [-0.3, -0.25) is 0 Å².